The van der Waals surface area contributed by atoms with Crippen LogP contribution in [0.2, 0.25) is 0 Å². The van der Waals surface area contributed by atoms with Gasteiger partial charge < -0.3 is 14.2 Å². The molecule has 0 spiro atoms. The van der Waals surface area contributed by atoms with Crippen LogP contribution in [0.1, 0.15) is 6.42 Å². The SMILES string of the molecule is Cn1ccc2c(N3CCN(CCCOc4ccc(F)nc4)CC3)cccc21. The van der Waals surface area contributed by atoms with Gasteiger partial charge in [0, 0.05) is 62.6 Å². The van der Waals surface area contributed by atoms with Gasteiger partial charge in [0.1, 0.15) is 5.75 Å². The molecule has 142 valence electrons. The van der Waals surface area contributed by atoms with Crippen LogP contribution in [-0.2, 0) is 7.05 Å². The van der Waals surface area contributed by atoms with Crippen LogP contribution >= 0.6 is 0 Å². The number of pyridine rings is 1. The molecule has 1 saturated heterocycles. The Balaban J connectivity index is 1.24. The number of aryl methyl sites for hydroxylation is 1. The molecule has 0 saturated carbocycles. The summed E-state index contributed by atoms with van der Waals surface area (Å²) in [5, 5.41) is 1.33. The van der Waals surface area contributed by atoms with E-state index >= 15 is 0 Å². The van der Waals surface area contributed by atoms with Gasteiger partial charge in [0.05, 0.1) is 12.8 Å². The van der Waals surface area contributed by atoms with Gasteiger partial charge in [-0.1, -0.05) is 6.07 Å². The van der Waals surface area contributed by atoms with Crippen LogP contribution in [0.5, 0.6) is 5.75 Å². The van der Waals surface area contributed by atoms with Crippen LogP contribution in [0.25, 0.3) is 10.9 Å². The van der Waals surface area contributed by atoms with Crippen molar-refractivity contribution in [3.8, 4) is 5.75 Å². The van der Waals surface area contributed by atoms with Crippen LogP contribution in [-0.4, -0.2) is 53.8 Å². The highest BCUT2D eigenvalue weighted by Gasteiger charge is 2.18. The lowest BCUT2D eigenvalue weighted by Gasteiger charge is -2.36. The van der Waals surface area contributed by atoms with E-state index in [1.807, 2.05) is 0 Å². The molecule has 0 unspecified atom stereocenters. The smallest absolute Gasteiger partial charge is 0.213 e. The summed E-state index contributed by atoms with van der Waals surface area (Å²) in [6.45, 7) is 5.82. The van der Waals surface area contributed by atoms with Crippen LogP contribution in [0.15, 0.2) is 48.8 Å². The lowest BCUT2D eigenvalue weighted by molar-refractivity contribution is 0.224. The highest BCUT2D eigenvalue weighted by atomic mass is 19.1. The second-order valence-electron chi connectivity index (χ2n) is 6.98. The van der Waals surface area contributed by atoms with Crippen molar-refractivity contribution >= 4 is 16.6 Å². The summed E-state index contributed by atoms with van der Waals surface area (Å²) in [4.78, 5) is 8.56. The maximum Gasteiger partial charge on any atom is 0.213 e. The molecule has 0 amide bonds. The number of piperazine rings is 1. The predicted molar refractivity (Wildman–Crippen MR) is 106 cm³/mol. The fourth-order valence-corrected chi connectivity index (χ4v) is 3.70. The highest BCUT2D eigenvalue weighted by Crippen LogP contribution is 2.28. The van der Waals surface area contributed by atoms with Crippen molar-refractivity contribution in [2.75, 3.05) is 44.2 Å². The second-order valence-corrected chi connectivity index (χ2v) is 6.98. The van der Waals surface area contributed by atoms with Crippen molar-refractivity contribution in [1.82, 2.24) is 14.5 Å². The molecular formula is C21H25FN4O. The van der Waals surface area contributed by atoms with E-state index in [2.05, 4.69) is 56.9 Å². The van der Waals surface area contributed by atoms with Crippen LogP contribution in [0.4, 0.5) is 10.1 Å². The predicted octanol–water partition coefficient (Wildman–Crippen LogP) is 3.30. The van der Waals surface area contributed by atoms with Gasteiger partial charge >= 0.3 is 0 Å². The molecule has 6 heteroatoms. The summed E-state index contributed by atoms with van der Waals surface area (Å²) < 4.78 is 20.6. The van der Waals surface area contributed by atoms with Crippen molar-refractivity contribution < 1.29 is 9.13 Å². The van der Waals surface area contributed by atoms with Crippen LogP contribution in [0, 0.1) is 5.95 Å². The summed E-state index contributed by atoms with van der Waals surface area (Å²) in [5.41, 5.74) is 2.61. The Morgan fingerprint density at radius 3 is 2.70 bits per heavy atom. The number of hydrogen-bond acceptors (Lipinski definition) is 4. The Labute approximate surface area is 159 Å². The molecule has 1 aromatic carbocycles. The first-order chi connectivity index (χ1) is 13.2. The van der Waals surface area contributed by atoms with Gasteiger partial charge in [-0.2, -0.15) is 4.39 Å². The average molecular weight is 368 g/mol. The summed E-state index contributed by atoms with van der Waals surface area (Å²) in [7, 11) is 2.09. The quantitative estimate of drug-likeness (QED) is 0.494. The van der Waals surface area contributed by atoms with E-state index in [1.54, 1.807) is 6.07 Å². The van der Waals surface area contributed by atoms with E-state index in [-0.39, 0.29) is 0 Å². The molecule has 27 heavy (non-hydrogen) atoms. The molecule has 1 fully saturated rings. The number of rotatable bonds is 6. The maximum absolute atomic E-state index is 12.8. The minimum atomic E-state index is -0.480. The summed E-state index contributed by atoms with van der Waals surface area (Å²) in [6.07, 6.45) is 4.50. The third-order valence-electron chi connectivity index (χ3n) is 5.21. The first kappa shape index (κ1) is 17.8. The Kier molecular flexibility index (Phi) is 5.25. The summed E-state index contributed by atoms with van der Waals surface area (Å²) in [5.74, 6) is 0.142. The first-order valence-corrected chi connectivity index (χ1v) is 9.46. The largest absolute Gasteiger partial charge is 0.492 e. The van der Waals surface area contributed by atoms with Crippen molar-refractivity contribution in [1.29, 1.82) is 0 Å². The third-order valence-corrected chi connectivity index (χ3v) is 5.21. The molecule has 3 aromatic rings. The van der Waals surface area contributed by atoms with Crippen LogP contribution in [0.3, 0.4) is 0 Å². The van der Waals surface area contributed by atoms with Gasteiger partial charge in [0.15, 0.2) is 0 Å². The number of fused-ring (bicyclic) bond motifs is 1. The molecule has 1 aliphatic rings. The summed E-state index contributed by atoms with van der Waals surface area (Å²) in [6, 6.07) is 11.7. The number of benzene rings is 1. The normalized spacial score (nSPS) is 15.4. The molecule has 0 radical (unpaired) electrons. The van der Waals surface area contributed by atoms with Crippen LogP contribution < -0.4 is 9.64 Å². The highest BCUT2D eigenvalue weighted by molar-refractivity contribution is 5.93. The number of ether oxygens (including phenoxy) is 1. The molecule has 0 aliphatic carbocycles. The minimum absolute atomic E-state index is 0.480. The zero-order chi connectivity index (χ0) is 18.6. The van der Waals surface area contributed by atoms with E-state index in [0.717, 1.165) is 39.1 Å². The van der Waals surface area contributed by atoms with E-state index in [0.29, 0.717) is 12.4 Å². The van der Waals surface area contributed by atoms with Crippen molar-refractivity contribution in [2.45, 2.75) is 6.42 Å². The van der Waals surface area contributed by atoms with Crippen molar-refractivity contribution in [2.24, 2.45) is 7.05 Å². The average Bonchev–Trinajstić information content (AvgIpc) is 3.08. The van der Waals surface area contributed by atoms with Gasteiger partial charge in [-0.05, 0) is 36.8 Å². The molecule has 2 aromatic heterocycles. The van der Waals surface area contributed by atoms with E-state index < -0.39 is 5.95 Å². The standard InChI is InChI=1S/C21H25FN4O/c1-24-10-8-18-19(24)4-2-5-20(18)26-13-11-25(12-14-26)9-3-15-27-17-6-7-21(22)23-16-17/h2,4-8,10,16H,3,9,11-15H2,1H3. The fourth-order valence-electron chi connectivity index (χ4n) is 3.70. The Morgan fingerprint density at radius 2 is 1.93 bits per heavy atom. The van der Waals surface area contributed by atoms with Crippen molar-refractivity contribution in [3.63, 3.8) is 0 Å². The number of halogens is 1. The van der Waals surface area contributed by atoms with E-state index in [1.165, 1.54) is 28.9 Å². The third kappa shape index (κ3) is 4.06. The first-order valence-electron chi connectivity index (χ1n) is 9.46. The maximum atomic E-state index is 12.8. The van der Waals surface area contributed by atoms with Gasteiger partial charge in [0.2, 0.25) is 5.95 Å². The zero-order valence-corrected chi connectivity index (χ0v) is 15.6. The van der Waals surface area contributed by atoms with E-state index in [4.69, 9.17) is 4.74 Å². The molecule has 4 rings (SSSR count). The Bertz CT molecular complexity index is 885. The fraction of sp³-hybridized carbons (Fsp3) is 0.381. The minimum Gasteiger partial charge on any atom is -0.492 e. The number of aromatic nitrogens is 2. The Morgan fingerprint density at radius 1 is 1.07 bits per heavy atom. The lowest BCUT2D eigenvalue weighted by Crippen LogP contribution is -2.46. The number of anilines is 1. The molecular weight excluding hydrogens is 343 g/mol. The molecule has 3 heterocycles. The second kappa shape index (κ2) is 7.96. The summed E-state index contributed by atoms with van der Waals surface area (Å²) >= 11 is 0. The van der Waals surface area contributed by atoms with Gasteiger partial charge in [-0.3, -0.25) is 4.90 Å². The van der Waals surface area contributed by atoms with E-state index in [9.17, 15) is 4.39 Å². The number of hydrogen-bond donors (Lipinski definition) is 0. The van der Waals surface area contributed by atoms with Crippen molar-refractivity contribution in [3.05, 3.63) is 54.7 Å². The Hall–Kier alpha value is -2.60. The number of nitrogens with zero attached hydrogens (tertiary/aromatic N) is 4. The zero-order valence-electron chi connectivity index (χ0n) is 15.6. The molecule has 1 aliphatic heterocycles. The monoisotopic (exact) mass is 368 g/mol. The lowest BCUT2D eigenvalue weighted by atomic mass is 10.1. The van der Waals surface area contributed by atoms with Gasteiger partial charge in [0.25, 0.3) is 0 Å². The molecule has 0 bridgehead atoms. The molecule has 5 nitrogen and oxygen atoms in total. The molecule has 0 N–H and O–H groups in total. The topological polar surface area (TPSA) is 33.5 Å². The molecule has 0 atom stereocenters. The van der Waals surface area contributed by atoms with Gasteiger partial charge in [-0.15, -0.1) is 0 Å². The van der Waals surface area contributed by atoms with Gasteiger partial charge in [-0.25, -0.2) is 4.98 Å².